The number of ether oxygens (including phenoxy) is 2. The molecule has 0 bridgehead atoms. The van der Waals surface area contributed by atoms with Crippen LogP contribution >= 0.6 is 0 Å². The second-order valence-electron chi connectivity index (χ2n) is 4.49. The van der Waals surface area contributed by atoms with E-state index < -0.39 is 0 Å². The van der Waals surface area contributed by atoms with Gasteiger partial charge in [0.15, 0.2) is 0 Å². The fourth-order valence-electron chi connectivity index (χ4n) is 2.43. The maximum Gasteiger partial charge on any atom is 0.347 e. The number of benzene rings is 1. The van der Waals surface area contributed by atoms with Crippen molar-refractivity contribution in [3.8, 4) is 22.8 Å². The van der Waals surface area contributed by atoms with Gasteiger partial charge in [0, 0.05) is 23.7 Å². The summed E-state index contributed by atoms with van der Waals surface area (Å²) in [7, 11) is 3.19. The average Bonchev–Trinajstić information content (AvgIpc) is 2.93. The number of hydrogen-bond acceptors (Lipinski definition) is 5. The normalized spacial score (nSPS) is 12.7. The minimum Gasteiger partial charge on any atom is -0.497 e. The Kier molecular flexibility index (Phi) is 3.06. The molecule has 3 rings (SSSR count). The molecule has 2 aromatic rings. The number of nitrogens with one attached hydrogen (secondary N) is 2. The third kappa shape index (κ3) is 1.99. The number of anilines is 1. The maximum absolute atomic E-state index is 11.7. The second kappa shape index (κ2) is 4.88. The van der Waals surface area contributed by atoms with Crippen molar-refractivity contribution in [3.63, 3.8) is 0 Å². The zero-order chi connectivity index (χ0) is 14.1. The molecule has 0 radical (unpaired) electrons. The molecule has 0 spiro atoms. The van der Waals surface area contributed by atoms with E-state index in [-0.39, 0.29) is 5.69 Å². The predicted molar refractivity (Wildman–Crippen MR) is 75.6 cm³/mol. The summed E-state index contributed by atoms with van der Waals surface area (Å²) in [5, 5.41) is 3.11. The summed E-state index contributed by atoms with van der Waals surface area (Å²) in [6.07, 6.45) is 0.823. The van der Waals surface area contributed by atoms with Crippen LogP contribution in [0.1, 0.15) is 5.56 Å². The highest BCUT2D eigenvalue weighted by Crippen LogP contribution is 2.36. The highest BCUT2D eigenvalue weighted by atomic mass is 16.5. The Morgan fingerprint density at radius 1 is 1.25 bits per heavy atom. The van der Waals surface area contributed by atoms with Gasteiger partial charge in [0.1, 0.15) is 17.3 Å². The van der Waals surface area contributed by atoms with Crippen molar-refractivity contribution in [1.82, 2.24) is 9.97 Å². The van der Waals surface area contributed by atoms with Crippen LogP contribution in [0.15, 0.2) is 23.0 Å². The van der Waals surface area contributed by atoms with Crippen LogP contribution in [0.5, 0.6) is 11.5 Å². The summed E-state index contributed by atoms with van der Waals surface area (Å²) < 4.78 is 10.6. The smallest absolute Gasteiger partial charge is 0.347 e. The van der Waals surface area contributed by atoms with Gasteiger partial charge in [0.05, 0.1) is 19.9 Å². The van der Waals surface area contributed by atoms with Crippen molar-refractivity contribution in [3.05, 3.63) is 34.2 Å². The van der Waals surface area contributed by atoms with E-state index in [0.29, 0.717) is 17.3 Å². The molecule has 20 heavy (non-hydrogen) atoms. The predicted octanol–water partition coefficient (Wildman–Crippen LogP) is 1.42. The molecule has 1 aliphatic rings. The first-order valence-electron chi connectivity index (χ1n) is 6.32. The first-order valence-corrected chi connectivity index (χ1v) is 6.32. The van der Waals surface area contributed by atoms with E-state index in [1.165, 1.54) is 0 Å². The summed E-state index contributed by atoms with van der Waals surface area (Å²) in [4.78, 5) is 18.4. The Morgan fingerprint density at radius 2 is 2.10 bits per heavy atom. The molecule has 2 heterocycles. The van der Waals surface area contributed by atoms with Crippen molar-refractivity contribution in [2.45, 2.75) is 6.42 Å². The molecule has 1 aromatic carbocycles. The highest BCUT2D eigenvalue weighted by Gasteiger charge is 2.20. The summed E-state index contributed by atoms with van der Waals surface area (Å²) in [6.45, 7) is 0.783. The minimum atomic E-state index is -0.369. The van der Waals surface area contributed by atoms with E-state index >= 15 is 0 Å². The second-order valence-corrected chi connectivity index (χ2v) is 4.49. The number of rotatable bonds is 3. The number of H-pyrrole nitrogens is 1. The number of hydrogen-bond donors (Lipinski definition) is 2. The van der Waals surface area contributed by atoms with Crippen molar-refractivity contribution in [1.29, 1.82) is 0 Å². The summed E-state index contributed by atoms with van der Waals surface area (Å²) in [6, 6.07) is 5.51. The third-order valence-electron chi connectivity index (χ3n) is 3.38. The van der Waals surface area contributed by atoms with Crippen LogP contribution < -0.4 is 20.5 Å². The average molecular weight is 273 g/mol. The Bertz CT molecular complexity index is 709. The van der Waals surface area contributed by atoms with Gasteiger partial charge < -0.3 is 19.8 Å². The third-order valence-corrected chi connectivity index (χ3v) is 3.38. The Morgan fingerprint density at radius 3 is 2.85 bits per heavy atom. The maximum atomic E-state index is 11.7. The molecule has 0 saturated heterocycles. The van der Waals surface area contributed by atoms with Gasteiger partial charge in [-0.1, -0.05) is 0 Å². The van der Waals surface area contributed by atoms with Crippen LogP contribution in [0.3, 0.4) is 0 Å². The Hall–Kier alpha value is -2.50. The molecule has 6 nitrogen and oxygen atoms in total. The summed E-state index contributed by atoms with van der Waals surface area (Å²) in [5.41, 5.74) is 2.22. The van der Waals surface area contributed by atoms with E-state index in [0.717, 1.165) is 29.8 Å². The van der Waals surface area contributed by atoms with Crippen molar-refractivity contribution < 1.29 is 9.47 Å². The molecule has 0 unspecified atom stereocenters. The molecular formula is C14H15N3O3. The lowest BCUT2D eigenvalue weighted by Gasteiger charge is -2.12. The van der Waals surface area contributed by atoms with Crippen LogP contribution in [-0.2, 0) is 6.42 Å². The Balaban J connectivity index is 2.21. The van der Waals surface area contributed by atoms with E-state index in [1.54, 1.807) is 20.3 Å². The molecule has 0 saturated carbocycles. The van der Waals surface area contributed by atoms with Crippen LogP contribution in [0.25, 0.3) is 11.3 Å². The van der Waals surface area contributed by atoms with E-state index in [4.69, 9.17) is 9.47 Å². The highest BCUT2D eigenvalue weighted by molar-refractivity contribution is 5.75. The van der Waals surface area contributed by atoms with Crippen LogP contribution in [0, 0.1) is 0 Å². The van der Waals surface area contributed by atoms with Crippen molar-refractivity contribution in [2.24, 2.45) is 0 Å². The molecule has 0 aliphatic carbocycles. The van der Waals surface area contributed by atoms with Crippen LogP contribution in [0.2, 0.25) is 0 Å². The van der Waals surface area contributed by atoms with Gasteiger partial charge in [0.25, 0.3) is 0 Å². The Labute approximate surface area is 115 Å². The van der Waals surface area contributed by atoms with E-state index in [2.05, 4.69) is 15.3 Å². The molecule has 104 valence electrons. The van der Waals surface area contributed by atoms with Crippen LogP contribution in [0.4, 0.5) is 5.82 Å². The minimum absolute atomic E-state index is 0.369. The summed E-state index contributed by atoms with van der Waals surface area (Å²) >= 11 is 0. The molecule has 0 atom stereocenters. The monoisotopic (exact) mass is 273 g/mol. The van der Waals surface area contributed by atoms with Gasteiger partial charge in [-0.15, -0.1) is 0 Å². The lowest BCUT2D eigenvalue weighted by atomic mass is 10.0. The topological polar surface area (TPSA) is 76.2 Å². The zero-order valence-electron chi connectivity index (χ0n) is 11.3. The number of aromatic amines is 1. The van der Waals surface area contributed by atoms with E-state index in [1.807, 2.05) is 12.1 Å². The standard InChI is InChI=1S/C14H15N3O3/c1-19-8-3-4-9(11(7-8)20-2)12-10-5-6-15-13(10)17-14(18)16-12/h3-4,7H,5-6H2,1-2H3,(H2,15,16,17,18). The number of nitrogens with zero attached hydrogens (tertiary/aromatic N) is 1. The molecule has 1 aliphatic heterocycles. The molecule has 2 N–H and O–H groups in total. The molecule has 0 fully saturated rings. The van der Waals surface area contributed by atoms with E-state index in [9.17, 15) is 4.79 Å². The first kappa shape index (κ1) is 12.5. The SMILES string of the molecule is COc1ccc(-c2[nH]c(=O)nc3c2CCN3)c(OC)c1. The van der Waals surface area contributed by atoms with Gasteiger partial charge >= 0.3 is 5.69 Å². The lowest BCUT2D eigenvalue weighted by Crippen LogP contribution is -2.13. The van der Waals surface area contributed by atoms with Gasteiger partial charge in [-0.05, 0) is 18.6 Å². The van der Waals surface area contributed by atoms with Gasteiger partial charge in [0.2, 0.25) is 0 Å². The van der Waals surface area contributed by atoms with Crippen LogP contribution in [-0.4, -0.2) is 30.7 Å². The first-order chi connectivity index (χ1) is 9.72. The molecule has 1 aromatic heterocycles. The molecule has 6 heteroatoms. The molecular weight excluding hydrogens is 258 g/mol. The van der Waals surface area contributed by atoms with Crippen molar-refractivity contribution in [2.75, 3.05) is 26.1 Å². The lowest BCUT2D eigenvalue weighted by molar-refractivity contribution is 0.395. The van der Waals surface area contributed by atoms with Gasteiger partial charge in [-0.3, -0.25) is 0 Å². The largest absolute Gasteiger partial charge is 0.497 e. The zero-order valence-corrected chi connectivity index (χ0v) is 11.3. The van der Waals surface area contributed by atoms with Crippen molar-refractivity contribution >= 4 is 5.82 Å². The fourth-order valence-corrected chi connectivity index (χ4v) is 2.43. The molecule has 0 amide bonds. The number of aromatic nitrogens is 2. The summed E-state index contributed by atoms with van der Waals surface area (Å²) in [5.74, 6) is 2.01. The fraction of sp³-hybridized carbons (Fsp3) is 0.286. The quantitative estimate of drug-likeness (QED) is 0.884. The number of methoxy groups -OCH3 is 2. The number of fused-ring (bicyclic) bond motifs is 1. The van der Waals surface area contributed by atoms with Gasteiger partial charge in [-0.25, -0.2) is 4.79 Å². The van der Waals surface area contributed by atoms with Gasteiger partial charge in [-0.2, -0.15) is 4.98 Å².